The largest absolute Gasteiger partial charge is 0.497 e. The summed E-state index contributed by atoms with van der Waals surface area (Å²) in [6.45, 7) is 4.67. The zero-order valence-corrected chi connectivity index (χ0v) is 17.0. The van der Waals surface area contributed by atoms with Gasteiger partial charge in [-0.2, -0.15) is 4.98 Å². The summed E-state index contributed by atoms with van der Waals surface area (Å²) in [5.74, 6) is 2.17. The summed E-state index contributed by atoms with van der Waals surface area (Å²) >= 11 is 0. The number of aliphatic hydroxyl groups is 1. The van der Waals surface area contributed by atoms with Crippen LogP contribution in [0.4, 0.5) is 11.8 Å². The first-order chi connectivity index (χ1) is 14.1. The van der Waals surface area contributed by atoms with Gasteiger partial charge in [-0.05, 0) is 35.7 Å². The maximum absolute atomic E-state index is 9.66. The average molecular weight is 393 g/mol. The molecule has 0 unspecified atom stereocenters. The molecule has 3 aromatic rings. The van der Waals surface area contributed by atoms with Gasteiger partial charge in [0, 0.05) is 18.8 Å². The van der Waals surface area contributed by atoms with Crippen molar-refractivity contribution in [2.45, 2.75) is 26.4 Å². The minimum Gasteiger partial charge on any atom is -0.497 e. The van der Waals surface area contributed by atoms with E-state index < -0.39 is 0 Å². The minimum absolute atomic E-state index is 0.00140. The van der Waals surface area contributed by atoms with E-state index >= 15 is 0 Å². The van der Waals surface area contributed by atoms with E-state index in [1.807, 2.05) is 62.4 Å². The third-order valence-corrected chi connectivity index (χ3v) is 4.58. The van der Waals surface area contributed by atoms with Crippen LogP contribution in [0.15, 0.2) is 54.7 Å². The molecule has 0 saturated carbocycles. The predicted molar refractivity (Wildman–Crippen MR) is 115 cm³/mol. The third-order valence-electron chi connectivity index (χ3n) is 4.58. The van der Waals surface area contributed by atoms with Crippen molar-refractivity contribution in [1.29, 1.82) is 0 Å². The van der Waals surface area contributed by atoms with Gasteiger partial charge in [0.25, 0.3) is 0 Å². The van der Waals surface area contributed by atoms with Gasteiger partial charge in [0.2, 0.25) is 5.95 Å². The molecule has 7 heteroatoms. The van der Waals surface area contributed by atoms with Crippen LogP contribution in [0, 0.1) is 5.92 Å². The van der Waals surface area contributed by atoms with Gasteiger partial charge in [0.05, 0.1) is 31.1 Å². The van der Waals surface area contributed by atoms with Crippen molar-refractivity contribution < 1.29 is 9.84 Å². The second kappa shape index (κ2) is 9.84. The molecule has 2 heterocycles. The Morgan fingerprint density at radius 3 is 2.59 bits per heavy atom. The van der Waals surface area contributed by atoms with E-state index in [2.05, 4.69) is 25.6 Å². The predicted octanol–water partition coefficient (Wildman–Crippen LogP) is 3.59. The molecular weight excluding hydrogens is 366 g/mol. The second-order valence-corrected chi connectivity index (χ2v) is 7.06. The maximum Gasteiger partial charge on any atom is 0.225 e. The summed E-state index contributed by atoms with van der Waals surface area (Å²) in [7, 11) is 1.65. The van der Waals surface area contributed by atoms with Crippen LogP contribution < -0.4 is 15.4 Å². The van der Waals surface area contributed by atoms with Crippen LogP contribution in [0.5, 0.6) is 5.75 Å². The lowest BCUT2D eigenvalue weighted by Gasteiger charge is -2.20. The Hall–Kier alpha value is -3.19. The average Bonchev–Trinajstić information content (AvgIpc) is 2.76. The minimum atomic E-state index is -0.139. The molecule has 0 aliphatic carbocycles. The second-order valence-electron chi connectivity index (χ2n) is 7.06. The fourth-order valence-corrected chi connectivity index (χ4v) is 2.81. The number of pyridine rings is 1. The van der Waals surface area contributed by atoms with Crippen LogP contribution in [-0.2, 0) is 6.54 Å². The number of benzene rings is 1. The third kappa shape index (κ3) is 5.65. The van der Waals surface area contributed by atoms with Gasteiger partial charge in [0.15, 0.2) is 0 Å². The lowest BCUT2D eigenvalue weighted by atomic mass is 10.1. The van der Waals surface area contributed by atoms with Gasteiger partial charge in [0.1, 0.15) is 11.6 Å². The normalized spacial score (nSPS) is 11.9. The van der Waals surface area contributed by atoms with Gasteiger partial charge >= 0.3 is 0 Å². The number of methoxy groups -OCH3 is 1. The number of anilines is 2. The zero-order valence-electron chi connectivity index (χ0n) is 17.0. The topological polar surface area (TPSA) is 92.2 Å². The van der Waals surface area contributed by atoms with Gasteiger partial charge in [-0.3, -0.25) is 4.98 Å². The van der Waals surface area contributed by atoms with E-state index in [0.717, 1.165) is 17.0 Å². The monoisotopic (exact) mass is 393 g/mol. The van der Waals surface area contributed by atoms with E-state index in [1.54, 1.807) is 13.3 Å². The lowest BCUT2D eigenvalue weighted by Crippen LogP contribution is -2.30. The standard InChI is InChI=1S/C22H27N5O2/c1-15(2)20(14-28)26-22-25-19(18-9-4-5-10-23-18)12-21(27-22)24-13-16-7-6-8-17(11-16)29-3/h4-12,15,20,28H,13-14H2,1-3H3,(H2,24,25,26,27)/t20-/m1/s1. The molecule has 0 spiro atoms. The molecule has 29 heavy (non-hydrogen) atoms. The maximum atomic E-state index is 9.66. The molecule has 7 nitrogen and oxygen atoms in total. The van der Waals surface area contributed by atoms with E-state index in [-0.39, 0.29) is 18.6 Å². The van der Waals surface area contributed by atoms with Crippen molar-refractivity contribution in [3.63, 3.8) is 0 Å². The summed E-state index contributed by atoms with van der Waals surface area (Å²) < 4.78 is 5.29. The van der Waals surface area contributed by atoms with E-state index in [4.69, 9.17) is 4.74 Å². The quantitative estimate of drug-likeness (QED) is 0.512. The van der Waals surface area contributed by atoms with Crippen molar-refractivity contribution in [2.75, 3.05) is 24.4 Å². The highest BCUT2D eigenvalue weighted by molar-refractivity contribution is 5.61. The van der Waals surface area contributed by atoms with Crippen LogP contribution in [0.25, 0.3) is 11.4 Å². The first-order valence-electron chi connectivity index (χ1n) is 9.63. The number of nitrogens with one attached hydrogen (secondary N) is 2. The summed E-state index contributed by atoms with van der Waals surface area (Å²) in [5.41, 5.74) is 2.54. The molecule has 1 aromatic carbocycles. The van der Waals surface area contributed by atoms with Gasteiger partial charge in [-0.1, -0.05) is 32.0 Å². The summed E-state index contributed by atoms with van der Waals surface area (Å²) in [5, 5.41) is 16.2. The molecule has 0 amide bonds. The molecule has 2 aromatic heterocycles. The zero-order chi connectivity index (χ0) is 20.6. The van der Waals surface area contributed by atoms with Crippen molar-refractivity contribution >= 4 is 11.8 Å². The molecule has 0 saturated heterocycles. The number of aliphatic hydroxyl groups excluding tert-OH is 1. The molecule has 1 atom stereocenters. The van der Waals surface area contributed by atoms with Gasteiger partial charge in [-0.15, -0.1) is 0 Å². The van der Waals surface area contributed by atoms with E-state index in [0.29, 0.717) is 24.0 Å². The fraction of sp³-hybridized carbons (Fsp3) is 0.318. The number of ether oxygens (including phenoxy) is 1. The van der Waals surface area contributed by atoms with Crippen LogP contribution in [-0.4, -0.2) is 39.8 Å². The molecular formula is C22H27N5O2. The molecule has 0 radical (unpaired) electrons. The number of aromatic nitrogens is 3. The molecule has 0 aliphatic heterocycles. The first kappa shape index (κ1) is 20.5. The lowest BCUT2D eigenvalue weighted by molar-refractivity contribution is 0.248. The van der Waals surface area contributed by atoms with Crippen molar-refractivity contribution in [2.24, 2.45) is 5.92 Å². The van der Waals surface area contributed by atoms with Crippen LogP contribution >= 0.6 is 0 Å². The molecule has 3 N–H and O–H groups in total. The van der Waals surface area contributed by atoms with Crippen molar-refractivity contribution in [3.05, 3.63) is 60.3 Å². The fourth-order valence-electron chi connectivity index (χ4n) is 2.81. The Labute approximate surface area is 171 Å². The summed E-state index contributed by atoms with van der Waals surface area (Å²) in [6, 6.07) is 15.3. The Bertz CT molecular complexity index is 918. The Morgan fingerprint density at radius 1 is 1.03 bits per heavy atom. The van der Waals surface area contributed by atoms with Crippen LogP contribution in [0.3, 0.4) is 0 Å². The number of rotatable bonds is 9. The highest BCUT2D eigenvalue weighted by Crippen LogP contribution is 2.21. The van der Waals surface area contributed by atoms with E-state index in [9.17, 15) is 5.11 Å². The smallest absolute Gasteiger partial charge is 0.225 e. The van der Waals surface area contributed by atoms with Gasteiger partial charge < -0.3 is 20.5 Å². The number of hydrogen-bond acceptors (Lipinski definition) is 7. The molecule has 3 rings (SSSR count). The SMILES string of the molecule is COc1cccc(CNc2cc(-c3ccccn3)nc(N[C@H](CO)C(C)C)n2)c1. The van der Waals surface area contributed by atoms with Crippen molar-refractivity contribution in [1.82, 2.24) is 15.0 Å². The molecule has 0 bridgehead atoms. The van der Waals surface area contributed by atoms with Crippen molar-refractivity contribution in [3.8, 4) is 17.1 Å². The van der Waals surface area contributed by atoms with E-state index in [1.165, 1.54) is 0 Å². The number of hydrogen-bond donors (Lipinski definition) is 3. The Balaban J connectivity index is 1.87. The molecule has 152 valence electrons. The number of nitrogens with zero attached hydrogens (tertiary/aromatic N) is 3. The molecule has 0 aliphatic rings. The highest BCUT2D eigenvalue weighted by Gasteiger charge is 2.15. The van der Waals surface area contributed by atoms with Gasteiger partial charge in [-0.25, -0.2) is 4.98 Å². The Morgan fingerprint density at radius 2 is 1.90 bits per heavy atom. The Kier molecular flexibility index (Phi) is 6.97. The highest BCUT2D eigenvalue weighted by atomic mass is 16.5. The first-order valence-corrected chi connectivity index (χ1v) is 9.63. The summed E-state index contributed by atoms with van der Waals surface area (Å²) in [4.78, 5) is 13.6. The molecule has 0 fully saturated rings. The van der Waals surface area contributed by atoms with Crippen LogP contribution in [0.1, 0.15) is 19.4 Å². The van der Waals surface area contributed by atoms with Crippen LogP contribution in [0.2, 0.25) is 0 Å². The summed E-state index contributed by atoms with van der Waals surface area (Å²) in [6.07, 6.45) is 1.73.